The number of rotatable bonds is 1. The predicted octanol–water partition coefficient (Wildman–Crippen LogP) is 1.05. The quantitative estimate of drug-likeness (QED) is 0.773. The van der Waals surface area contributed by atoms with Crippen LogP contribution in [0.1, 0.15) is 5.82 Å². The SMILES string of the molecule is Cc1ncc2cccc(N3CCNCC3)n12. The number of pyridine rings is 1. The van der Waals surface area contributed by atoms with Gasteiger partial charge in [-0.1, -0.05) is 6.07 Å². The Balaban J connectivity index is 2.10. The maximum atomic E-state index is 4.37. The fourth-order valence-electron chi connectivity index (χ4n) is 2.33. The second kappa shape index (κ2) is 3.79. The van der Waals surface area contributed by atoms with Gasteiger partial charge in [0.05, 0.1) is 11.7 Å². The molecule has 84 valence electrons. The van der Waals surface area contributed by atoms with Gasteiger partial charge in [-0.05, 0) is 19.1 Å². The van der Waals surface area contributed by atoms with Crippen LogP contribution in [0.25, 0.3) is 5.52 Å². The Hall–Kier alpha value is -1.55. The van der Waals surface area contributed by atoms with Crippen LogP contribution in [0, 0.1) is 6.92 Å². The Labute approximate surface area is 94.9 Å². The van der Waals surface area contributed by atoms with E-state index in [1.54, 1.807) is 0 Å². The smallest absolute Gasteiger partial charge is 0.114 e. The van der Waals surface area contributed by atoms with Gasteiger partial charge in [0, 0.05) is 26.2 Å². The van der Waals surface area contributed by atoms with Gasteiger partial charge in [-0.3, -0.25) is 4.40 Å². The molecule has 2 aromatic rings. The van der Waals surface area contributed by atoms with E-state index >= 15 is 0 Å². The first kappa shape index (κ1) is 9.66. The minimum Gasteiger partial charge on any atom is -0.355 e. The zero-order valence-electron chi connectivity index (χ0n) is 9.48. The zero-order chi connectivity index (χ0) is 11.0. The van der Waals surface area contributed by atoms with Gasteiger partial charge in [0.2, 0.25) is 0 Å². The van der Waals surface area contributed by atoms with Crippen molar-refractivity contribution in [2.45, 2.75) is 6.92 Å². The summed E-state index contributed by atoms with van der Waals surface area (Å²) in [7, 11) is 0. The molecule has 1 fully saturated rings. The topological polar surface area (TPSA) is 32.6 Å². The van der Waals surface area contributed by atoms with E-state index < -0.39 is 0 Å². The number of nitrogens with one attached hydrogen (secondary N) is 1. The van der Waals surface area contributed by atoms with Crippen LogP contribution in [-0.4, -0.2) is 35.6 Å². The van der Waals surface area contributed by atoms with Gasteiger partial charge in [-0.15, -0.1) is 0 Å². The highest BCUT2D eigenvalue weighted by Gasteiger charge is 2.14. The Morgan fingerprint density at radius 2 is 2.06 bits per heavy atom. The molecule has 0 saturated carbocycles. The van der Waals surface area contributed by atoms with Crippen molar-refractivity contribution in [1.82, 2.24) is 14.7 Å². The molecule has 1 N–H and O–H groups in total. The number of fused-ring (bicyclic) bond motifs is 1. The number of aryl methyl sites for hydroxylation is 1. The van der Waals surface area contributed by atoms with Crippen molar-refractivity contribution in [3.05, 3.63) is 30.2 Å². The summed E-state index contributed by atoms with van der Waals surface area (Å²) in [6, 6.07) is 6.38. The standard InChI is InChI=1S/C12H16N4/c1-10-14-9-11-3-2-4-12(16(10)11)15-7-5-13-6-8-15/h2-4,9,13H,5-8H2,1H3. The third kappa shape index (κ3) is 1.46. The number of piperazine rings is 1. The van der Waals surface area contributed by atoms with Gasteiger partial charge < -0.3 is 10.2 Å². The van der Waals surface area contributed by atoms with E-state index in [0.29, 0.717) is 0 Å². The van der Waals surface area contributed by atoms with E-state index in [2.05, 4.69) is 44.7 Å². The van der Waals surface area contributed by atoms with E-state index in [1.165, 1.54) is 11.3 Å². The van der Waals surface area contributed by atoms with Crippen LogP contribution in [0.2, 0.25) is 0 Å². The minimum absolute atomic E-state index is 1.06. The Bertz CT molecular complexity index is 497. The number of aromatic nitrogens is 2. The van der Waals surface area contributed by atoms with Crippen LogP contribution in [-0.2, 0) is 0 Å². The van der Waals surface area contributed by atoms with E-state index in [-0.39, 0.29) is 0 Å². The van der Waals surface area contributed by atoms with E-state index in [4.69, 9.17) is 0 Å². The summed E-state index contributed by atoms with van der Waals surface area (Å²) in [6.45, 7) is 6.31. The average molecular weight is 216 g/mol. The molecule has 0 aromatic carbocycles. The van der Waals surface area contributed by atoms with Crippen molar-refractivity contribution in [1.29, 1.82) is 0 Å². The Morgan fingerprint density at radius 3 is 2.88 bits per heavy atom. The van der Waals surface area contributed by atoms with Gasteiger partial charge in [0.1, 0.15) is 11.6 Å². The highest BCUT2D eigenvalue weighted by Crippen LogP contribution is 2.19. The number of hydrogen-bond donors (Lipinski definition) is 1. The summed E-state index contributed by atoms with van der Waals surface area (Å²) >= 11 is 0. The lowest BCUT2D eigenvalue weighted by Crippen LogP contribution is -2.44. The highest BCUT2D eigenvalue weighted by atomic mass is 15.3. The molecule has 16 heavy (non-hydrogen) atoms. The van der Waals surface area contributed by atoms with Crippen LogP contribution in [0.3, 0.4) is 0 Å². The minimum atomic E-state index is 1.06. The molecule has 1 aliphatic heterocycles. The molecule has 0 bridgehead atoms. The van der Waals surface area contributed by atoms with Crippen molar-refractivity contribution >= 4 is 11.3 Å². The summed E-state index contributed by atoms with van der Waals surface area (Å²) < 4.78 is 2.23. The van der Waals surface area contributed by atoms with Gasteiger partial charge >= 0.3 is 0 Å². The van der Waals surface area contributed by atoms with Crippen LogP contribution in [0.15, 0.2) is 24.4 Å². The highest BCUT2D eigenvalue weighted by molar-refractivity contribution is 5.56. The van der Waals surface area contributed by atoms with Gasteiger partial charge in [-0.25, -0.2) is 4.98 Å². The molecular formula is C12H16N4. The molecule has 0 atom stereocenters. The lowest BCUT2D eigenvalue weighted by molar-refractivity contribution is 0.582. The van der Waals surface area contributed by atoms with Crippen LogP contribution in [0.4, 0.5) is 5.82 Å². The normalized spacial score (nSPS) is 16.9. The summed E-state index contributed by atoms with van der Waals surface area (Å²) in [4.78, 5) is 6.79. The predicted molar refractivity (Wildman–Crippen MR) is 65.0 cm³/mol. The average Bonchev–Trinajstić information content (AvgIpc) is 2.73. The summed E-state index contributed by atoms with van der Waals surface area (Å²) in [5.74, 6) is 2.32. The third-order valence-electron chi connectivity index (χ3n) is 3.15. The number of nitrogens with zero attached hydrogens (tertiary/aromatic N) is 3. The second-order valence-corrected chi connectivity index (χ2v) is 4.19. The van der Waals surface area contributed by atoms with E-state index in [1.807, 2.05) is 6.20 Å². The van der Waals surface area contributed by atoms with Crippen molar-refractivity contribution < 1.29 is 0 Å². The summed E-state index contributed by atoms with van der Waals surface area (Å²) in [6.07, 6.45) is 1.93. The van der Waals surface area contributed by atoms with Crippen LogP contribution in [0.5, 0.6) is 0 Å². The Morgan fingerprint density at radius 1 is 1.25 bits per heavy atom. The molecule has 2 aromatic heterocycles. The first-order valence-corrected chi connectivity index (χ1v) is 5.75. The molecule has 0 radical (unpaired) electrons. The number of imidazole rings is 1. The fourth-order valence-corrected chi connectivity index (χ4v) is 2.33. The molecule has 0 unspecified atom stereocenters. The maximum Gasteiger partial charge on any atom is 0.114 e. The molecular weight excluding hydrogens is 200 g/mol. The van der Waals surface area contributed by atoms with E-state index in [0.717, 1.165) is 32.0 Å². The zero-order valence-corrected chi connectivity index (χ0v) is 9.48. The number of anilines is 1. The lowest BCUT2D eigenvalue weighted by Gasteiger charge is -2.30. The second-order valence-electron chi connectivity index (χ2n) is 4.19. The fraction of sp³-hybridized carbons (Fsp3) is 0.417. The molecule has 1 saturated heterocycles. The first-order valence-electron chi connectivity index (χ1n) is 5.75. The first-order chi connectivity index (χ1) is 7.86. The van der Waals surface area contributed by atoms with Crippen molar-refractivity contribution in [2.24, 2.45) is 0 Å². The molecule has 0 spiro atoms. The molecule has 0 aliphatic carbocycles. The van der Waals surface area contributed by atoms with Crippen LogP contribution < -0.4 is 10.2 Å². The number of hydrogen-bond acceptors (Lipinski definition) is 3. The summed E-state index contributed by atoms with van der Waals surface area (Å²) in [5.41, 5.74) is 1.17. The molecule has 3 heterocycles. The lowest BCUT2D eigenvalue weighted by atomic mass is 10.3. The van der Waals surface area contributed by atoms with Gasteiger partial charge in [0.25, 0.3) is 0 Å². The summed E-state index contributed by atoms with van der Waals surface area (Å²) in [5, 5.41) is 3.37. The van der Waals surface area contributed by atoms with Gasteiger partial charge in [-0.2, -0.15) is 0 Å². The molecule has 3 rings (SSSR count). The largest absolute Gasteiger partial charge is 0.355 e. The van der Waals surface area contributed by atoms with Crippen molar-refractivity contribution in [3.8, 4) is 0 Å². The van der Waals surface area contributed by atoms with Crippen molar-refractivity contribution in [2.75, 3.05) is 31.1 Å². The molecule has 4 heteroatoms. The molecule has 4 nitrogen and oxygen atoms in total. The third-order valence-corrected chi connectivity index (χ3v) is 3.15. The van der Waals surface area contributed by atoms with Crippen LogP contribution >= 0.6 is 0 Å². The van der Waals surface area contributed by atoms with Crippen molar-refractivity contribution in [3.63, 3.8) is 0 Å². The molecule has 1 aliphatic rings. The van der Waals surface area contributed by atoms with E-state index in [9.17, 15) is 0 Å². The Kier molecular flexibility index (Phi) is 2.29. The monoisotopic (exact) mass is 216 g/mol. The maximum absolute atomic E-state index is 4.37. The van der Waals surface area contributed by atoms with Gasteiger partial charge in [0.15, 0.2) is 0 Å². The molecule has 0 amide bonds.